The molecule has 0 spiro atoms. The van der Waals surface area contributed by atoms with E-state index in [1.165, 1.54) is 19.3 Å². The van der Waals surface area contributed by atoms with Gasteiger partial charge in [0.25, 0.3) is 0 Å². The topological polar surface area (TPSA) is 9.23 Å². The standard InChI is InChI=1S/C8H14O/c1-3-8-4-7(2,5-8)6-9-8/h3-6H2,1-2H3. The Kier molecular flexibility index (Phi) is 0.852. The first-order chi connectivity index (χ1) is 4.18. The minimum absolute atomic E-state index is 0.342. The molecule has 1 saturated carbocycles. The van der Waals surface area contributed by atoms with E-state index in [-0.39, 0.29) is 0 Å². The highest BCUT2D eigenvalue weighted by molar-refractivity contribution is 5.08. The molecule has 52 valence electrons. The van der Waals surface area contributed by atoms with Crippen molar-refractivity contribution in [2.75, 3.05) is 6.61 Å². The average Bonchev–Trinajstić information content (AvgIpc) is 2.20. The molecule has 2 heterocycles. The van der Waals surface area contributed by atoms with Crippen molar-refractivity contribution in [1.29, 1.82) is 0 Å². The molecule has 3 aliphatic rings. The van der Waals surface area contributed by atoms with Gasteiger partial charge >= 0.3 is 0 Å². The maximum absolute atomic E-state index is 5.67. The predicted octanol–water partition coefficient (Wildman–Crippen LogP) is 1.97. The van der Waals surface area contributed by atoms with E-state index in [1.807, 2.05) is 0 Å². The van der Waals surface area contributed by atoms with E-state index in [0.29, 0.717) is 11.0 Å². The van der Waals surface area contributed by atoms with Gasteiger partial charge in [-0.1, -0.05) is 13.8 Å². The Balaban J connectivity index is 2.12. The fourth-order valence-corrected chi connectivity index (χ4v) is 2.39. The summed E-state index contributed by atoms with van der Waals surface area (Å²) in [5.74, 6) is 0. The van der Waals surface area contributed by atoms with Crippen molar-refractivity contribution in [3.05, 3.63) is 0 Å². The minimum atomic E-state index is 0.342. The van der Waals surface area contributed by atoms with Crippen LogP contribution >= 0.6 is 0 Å². The van der Waals surface area contributed by atoms with Gasteiger partial charge in [-0.15, -0.1) is 0 Å². The van der Waals surface area contributed by atoms with Crippen molar-refractivity contribution in [2.24, 2.45) is 5.41 Å². The lowest BCUT2D eigenvalue weighted by molar-refractivity contribution is -0.0145. The van der Waals surface area contributed by atoms with Crippen LogP contribution in [0.2, 0.25) is 0 Å². The van der Waals surface area contributed by atoms with Crippen LogP contribution in [0, 0.1) is 5.41 Å². The molecule has 2 aliphatic heterocycles. The smallest absolute Gasteiger partial charge is 0.0692 e. The zero-order valence-corrected chi connectivity index (χ0v) is 6.24. The molecule has 2 bridgehead atoms. The summed E-state index contributed by atoms with van der Waals surface area (Å²) in [6, 6.07) is 0. The quantitative estimate of drug-likeness (QED) is 0.522. The molecule has 0 aromatic heterocycles. The summed E-state index contributed by atoms with van der Waals surface area (Å²) in [5, 5.41) is 0. The van der Waals surface area contributed by atoms with Gasteiger partial charge in [-0.2, -0.15) is 0 Å². The largest absolute Gasteiger partial charge is 0.374 e. The second-order valence-electron chi connectivity index (χ2n) is 3.99. The summed E-state index contributed by atoms with van der Waals surface area (Å²) in [6.45, 7) is 5.57. The summed E-state index contributed by atoms with van der Waals surface area (Å²) < 4.78 is 5.67. The van der Waals surface area contributed by atoms with Gasteiger partial charge in [0.15, 0.2) is 0 Å². The SMILES string of the molecule is CCC12CC(C)(CO1)C2. The van der Waals surface area contributed by atoms with Crippen LogP contribution in [0.4, 0.5) is 0 Å². The summed E-state index contributed by atoms with van der Waals surface area (Å²) in [4.78, 5) is 0. The molecule has 0 unspecified atom stereocenters. The summed E-state index contributed by atoms with van der Waals surface area (Å²) >= 11 is 0. The summed E-state index contributed by atoms with van der Waals surface area (Å²) in [7, 11) is 0. The van der Waals surface area contributed by atoms with Crippen LogP contribution in [-0.4, -0.2) is 12.2 Å². The molecule has 1 aliphatic carbocycles. The third kappa shape index (κ3) is 0.586. The molecule has 1 nitrogen and oxygen atoms in total. The Bertz CT molecular complexity index is 134. The highest BCUT2D eigenvalue weighted by atomic mass is 16.5. The lowest BCUT2D eigenvalue weighted by Gasteiger charge is -2.41. The van der Waals surface area contributed by atoms with Gasteiger partial charge in [0, 0.05) is 0 Å². The number of hydrogen-bond acceptors (Lipinski definition) is 1. The zero-order chi connectivity index (χ0) is 6.54. The summed E-state index contributed by atoms with van der Waals surface area (Å²) in [6.07, 6.45) is 3.84. The fourth-order valence-electron chi connectivity index (χ4n) is 2.39. The number of rotatable bonds is 1. The lowest BCUT2D eigenvalue weighted by atomic mass is 9.63. The first-order valence-electron chi connectivity index (χ1n) is 3.82. The molecule has 0 aromatic carbocycles. The monoisotopic (exact) mass is 126 g/mol. The van der Waals surface area contributed by atoms with Crippen molar-refractivity contribution < 1.29 is 4.74 Å². The van der Waals surface area contributed by atoms with E-state index in [0.717, 1.165) is 6.61 Å². The van der Waals surface area contributed by atoms with E-state index in [9.17, 15) is 0 Å². The van der Waals surface area contributed by atoms with E-state index >= 15 is 0 Å². The van der Waals surface area contributed by atoms with Crippen LogP contribution in [0.5, 0.6) is 0 Å². The molecule has 9 heavy (non-hydrogen) atoms. The molecule has 0 radical (unpaired) electrons. The molecule has 3 fully saturated rings. The number of hydrogen-bond donors (Lipinski definition) is 0. The Morgan fingerprint density at radius 1 is 1.44 bits per heavy atom. The van der Waals surface area contributed by atoms with Crippen LogP contribution in [0.3, 0.4) is 0 Å². The first kappa shape index (κ1) is 5.72. The van der Waals surface area contributed by atoms with Gasteiger partial charge in [-0.25, -0.2) is 0 Å². The highest BCUT2D eigenvalue weighted by Crippen LogP contribution is 2.58. The average molecular weight is 126 g/mol. The lowest BCUT2D eigenvalue weighted by Crippen LogP contribution is -2.41. The zero-order valence-electron chi connectivity index (χ0n) is 6.24. The third-order valence-corrected chi connectivity index (χ3v) is 2.87. The van der Waals surface area contributed by atoms with Crippen LogP contribution in [0.25, 0.3) is 0 Å². The maximum atomic E-state index is 5.67. The van der Waals surface area contributed by atoms with Crippen LogP contribution in [0.1, 0.15) is 33.1 Å². The molecule has 0 N–H and O–H groups in total. The third-order valence-electron chi connectivity index (χ3n) is 2.87. The molecular weight excluding hydrogens is 112 g/mol. The Morgan fingerprint density at radius 2 is 2.11 bits per heavy atom. The first-order valence-corrected chi connectivity index (χ1v) is 3.82. The van der Waals surface area contributed by atoms with Gasteiger partial charge < -0.3 is 4.74 Å². The van der Waals surface area contributed by atoms with Crippen LogP contribution < -0.4 is 0 Å². The Hall–Kier alpha value is -0.0400. The van der Waals surface area contributed by atoms with Gasteiger partial charge in [0.05, 0.1) is 12.2 Å². The minimum Gasteiger partial charge on any atom is -0.374 e. The molecule has 0 aromatic rings. The van der Waals surface area contributed by atoms with E-state index in [1.54, 1.807) is 0 Å². The van der Waals surface area contributed by atoms with Crippen molar-refractivity contribution in [1.82, 2.24) is 0 Å². The number of ether oxygens (including phenoxy) is 1. The van der Waals surface area contributed by atoms with Crippen molar-refractivity contribution in [2.45, 2.75) is 38.7 Å². The molecule has 1 heteroatoms. The van der Waals surface area contributed by atoms with Crippen molar-refractivity contribution in [3.63, 3.8) is 0 Å². The normalized spacial score (nSPS) is 55.3. The second kappa shape index (κ2) is 1.34. The van der Waals surface area contributed by atoms with Gasteiger partial charge in [0.1, 0.15) is 0 Å². The Morgan fingerprint density at radius 3 is 2.33 bits per heavy atom. The van der Waals surface area contributed by atoms with Crippen LogP contribution in [-0.2, 0) is 4.74 Å². The van der Waals surface area contributed by atoms with Crippen LogP contribution in [0.15, 0.2) is 0 Å². The second-order valence-corrected chi connectivity index (χ2v) is 3.99. The van der Waals surface area contributed by atoms with Gasteiger partial charge in [0.2, 0.25) is 0 Å². The van der Waals surface area contributed by atoms with E-state index < -0.39 is 0 Å². The molecule has 0 amide bonds. The van der Waals surface area contributed by atoms with Crippen molar-refractivity contribution in [3.8, 4) is 0 Å². The molecular formula is C8H14O. The Labute approximate surface area is 56.4 Å². The number of fused-ring (bicyclic) bond motifs is 1. The fraction of sp³-hybridized carbons (Fsp3) is 1.00. The van der Waals surface area contributed by atoms with E-state index in [2.05, 4.69) is 13.8 Å². The van der Waals surface area contributed by atoms with Gasteiger partial charge in [-0.05, 0) is 24.7 Å². The van der Waals surface area contributed by atoms with E-state index in [4.69, 9.17) is 4.74 Å². The molecule has 0 atom stereocenters. The van der Waals surface area contributed by atoms with Crippen molar-refractivity contribution >= 4 is 0 Å². The maximum Gasteiger partial charge on any atom is 0.0692 e. The summed E-state index contributed by atoms with van der Waals surface area (Å²) in [5.41, 5.74) is 0.921. The predicted molar refractivity (Wildman–Crippen MR) is 36.3 cm³/mol. The molecule has 3 rings (SSSR count). The molecule has 2 saturated heterocycles. The highest BCUT2D eigenvalue weighted by Gasteiger charge is 2.58. The van der Waals surface area contributed by atoms with Gasteiger partial charge in [-0.3, -0.25) is 0 Å².